The highest BCUT2D eigenvalue weighted by Crippen LogP contribution is 2.18. The van der Waals surface area contributed by atoms with E-state index in [1.54, 1.807) is 12.1 Å². The summed E-state index contributed by atoms with van der Waals surface area (Å²) in [5, 5.41) is 3.79. The van der Waals surface area contributed by atoms with E-state index in [1.807, 2.05) is 0 Å². The third-order valence-corrected chi connectivity index (χ3v) is 3.57. The molecule has 0 bridgehead atoms. The normalized spacial score (nSPS) is 13.3. The van der Waals surface area contributed by atoms with E-state index in [0.29, 0.717) is 29.1 Å². The number of hydrogen-bond donors (Lipinski definition) is 1. The smallest absolute Gasteiger partial charge is 0.129 e. The predicted molar refractivity (Wildman–Crippen MR) is 80.0 cm³/mol. The first-order chi connectivity index (χ1) is 8.91. The molecular weight excluding hydrogens is 263 g/mol. The second-order valence-corrected chi connectivity index (χ2v) is 5.99. The second-order valence-electron chi connectivity index (χ2n) is 5.58. The fourth-order valence-corrected chi connectivity index (χ4v) is 2.32. The maximum Gasteiger partial charge on any atom is 0.129 e. The van der Waals surface area contributed by atoms with Crippen molar-refractivity contribution in [3.8, 4) is 0 Å². The van der Waals surface area contributed by atoms with E-state index >= 15 is 0 Å². The summed E-state index contributed by atoms with van der Waals surface area (Å²) in [5.74, 6) is 0.400. The number of benzene rings is 1. The van der Waals surface area contributed by atoms with Crippen LogP contribution in [0.5, 0.6) is 0 Å². The Morgan fingerprint density at radius 2 is 2.00 bits per heavy atom. The molecule has 0 radical (unpaired) electrons. The average molecular weight is 287 g/mol. The van der Waals surface area contributed by atoms with Crippen LogP contribution in [0.4, 0.5) is 4.39 Å². The van der Waals surface area contributed by atoms with Crippen molar-refractivity contribution in [2.24, 2.45) is 5.92 Å². The quantitative estimate of drug-likeness (QED) is 0.825. The van der Waals surface area contributed by atoms with Crippen LogP contribution in [-0.4, -0.2) is 31.6 Å². The molecule has 0 saturated heterocycles. The Kier molecular flexibility index (Phi) is 6.76. The van der Waals surface area contributed by atoms with Crippen LogP contribution in [0.2, 0.25) is 5.02 Å². The molecule has 0 spiro atoms. The summed E-state index contributed by atoms with van der Waals surface area (Å²) >= 11 is 6.00. The average Bonchev–Trinajstić information content (AvgIpc) is 2.30. The van der Waals surface area contributed by atoms with Crippen LogP contribution in [-0.2, 0) is 6.54 Å². The molecule has 0 aromatic heterocycles. The van der Waals surface area contributed by atoms with Crippen LogP contribution < -0.4 is 5.32 Å². The SMILES string of the molecule is CC(C)CC(CNCc1c(F)cccc1Cl)N(C)C. The summed E-state index contributed by atoms with van der Waals surface area (Å²) in [7, 11) is 4.15. The lowest BCUT2D eigenvalue weighted by Gasteiger charge is -2.26. The fourth-order valence-electron chi connectivity index (χ4n) is 2.09. The molecular formula is C15H24ClFN2. The van der Waals surface area contributed by atoms with E-state index in [9.17, 15) is 4.39 Å². The Morgan fingerprint density at radius 3 is 2.53 bits per heavy atom. The maximum atomic E-state index is 13.6. The first-order valence-corrected chi connectivity index (χ1v) is 7.09. The summed E-state index contributed by atoms with van der Waals surface area (Å²) in [6.07, 6.45) is 1.12. The van der Waals surface area contributed by atoms with Gasteiger partial charge in [0.25, 0.3) is 0 Å². The van der Waals surface area contributed by atoms with Gasteiger partial charge in [0.2, 0.25) is 0 Å². The first kappa shape index (κ1) is 16.4. The van der Waals surface area contributed by atoms with Gasteiger partial charge < -0.3 is 10.2 Å². The van der Waals surface area contributed by atoms with Crippen molar-refractivity contribution in [3.63, 3.8) is 0 Å². The van der Waals surface area contributed by atoms with Crippen LogP contribution >= 0.6 is 11.6 Å². The number of halogens is 2. The number of nitrogens with zero attached hydrogens (tertiary/aromatic N) is 1. The van der Waals surface area contributed by atoms with Crippen LogP contribution in [0.1, 0.15) is 25.8 Å². The predicted octanol–water partition coefficient (Wildman–Crippen LogP) is 3.55. The maximum absolute atomic E-state index is 13.6. The lowest BCUT2D eigenvalue weighted by Crippen LogP contribution is -2.38. The molecule has 0 aliphatic heterocycles. The van der Waals surface area contributed by atoms with Crippen molar-refractivity contribution in [2.75, 3.05) is 20.6 Å². The zero-order chi connectivity index (χ0) is 14.4. The molecule has 0 saturated carbocycles. The van der Waals surface area contributed by atoms with E-state index in [0.717, 1.165) is 13.0 Å². The molecule has 0 amide bonds. The topological polar surface area (TPSA) is 15.3 Å². The van der Waals surface area contributed by atoms with Crippen LogP contribution in [0.15, 0.2) is 18.2 Å². The van der Waals surface area contributed by atoms with Crippen molar-refractivity contribution >= 4 is 11.6 Å². The van der Waals surface area contributed by atoms with Gasteiger partial charge in [0.05, 0.1) is 0 Å². The van der Waals surface area contributed by atoms with Crippen LogP contribution in [0.3, 0.4) is 0 Å². The molecule has 1 atom stereocenters. The Morgan fingerprint density at radius 1 is 1.32 bits per heavy atom. The van der Waals surface area contributed by atoms with Crippen molar-refractivity contribution in [1.29, 1.82) is 0 Å². The Balaban J connectivity index is 2.52. The summed E-state index contributed by atoms with van der Waals surface area (Å²) < 4.78 is 13.6. The standard InChI is InChI=1S/C15H24ClFN2/c1-11(2)8-12(19(3)4)9-18-10-13-14(16)6-5-7-15(13)17/h5-7,11-12,18H,8-10H2,1-4H3. The minimum atomic E-state index is -0.245. The molecule has 0 fully saturated rings. The summed E-state index contributed by atoms with van der Waals surface area (Å²) in [6.45, 7) is 5.72. The van der Waals surface area contributed by atoms with E-state index in [4.69, 9.17) is 11.6 Å². The third kappa shape index (κ3) is 5.47. The molecule has 0 aliphatic rings. The molecule has 0 aliphatic carbocycles. The lowest BCUT2D eigenvalue weighted by atomic mass is 10.0. The summed E-state index contributed by atoms with van der Waals surface area (Å²) in [5.41, 5.74) is 0.547. The van der Waals surface area contributed by atoms with Gasteiger partial charge in [-0.2, -0.15) is 0 Å². The first-order valence-electron chi connectivity index (χ1n) is 6.71. The van der Waals surface area contributed by atoms with Crippen LogP contribution in [0.25, 0.3) is 0 Å². The molecule has 1 rings (SSSR count). The fraction of sp³-hybridized carbons (Fsp3) is 0.600. The van der Waals surface area contributed by atoms with Gasteiger partial charge in [0.1, 0.15) is 5.82 Å². The Labute approximate surface area is 120 Å². The zero-order valence-electron chi connectivity index (χ0n) is 12.2. The van der Waals surface area contributed by atoms with Crippen molar-refractivity contribution in [3.05, 3.63) is 34.6 Å². The van der Waals surface area contributed by atoms with Gasteiger partial charge in [-0.15, -0.1) is 0 Å². The summed E-state index contributed by atoms with van der Waals surface area (Å²) in [6, 6.07) is 5.24. The highest BCUT2D eigenvalue weighted by Gasteiger charge is 2.13. The van der Waals surface area contributed by atoms with Gasteiger partial charge in [0.15, 0.2) is 0 Å². The van der Waals surface area contributed by atoms with E-state index in [2.05, 4.69) is 38.2 Å². The monoisotopic (exact) mass is 286 g/mol. The minimum Gasteiger partial charge on any atom is -0.311 e. The summed E-state index contributed by atoms with van der Waals surface area (Å²) in [4.78, 5) is 2.20. The number of rotatable bonds is 7. The number of likely N-dealkylation sites (N-methyl/N-ethyl adjacent to an activating group) is 1. The minimum absolute atomic E-state index is 0.245. The molecule has 1 aromatic carbocycles. The zero-order valence-corrected chi connectivity index (χ0v) is 13.0. The van der Waals surface area contributed by atoms with Crippen molar-refractivity contribution in [1.82, 2.24) is 10.2 Å². The van der Waals surface area contributed by atoms with Crippen LogP contribution in [0, 0.1) is 11.7 Å². The van der Waals surface area contributed by atoms with E-state index in [1.165, 1.54) is 6.07 Å². The van der Waals surface area contributed by atoms with Gasteiger partial charge in [-0.05, 0) is 38.6 Å². The molecule has 1 aromatic rings. The van der Waals surface area contributed by atoms with Gasteiger partial charge in [0, 0.05) is 29.7 Å². The van der Waals surface area contributed by atoms with Gasteiger partial charge in [-0.3, -0.25) is 0 Å². The molecule has 108 valence electrons. The van der Waals surface area contributed by atoms with Crippen molar-refractivity contribution in [2.45, 2.75) is 32.9 Å². The number of hydrogen-bond acceptors (Lipinski definition) is 2. The Bertz CT molecular complexity index is 373. The molecule has 4 heteroatoms. The Hall–Kier alpha value is -0.640. The lowest BCUT2D eigenvalue weighted by molar-refractivity contribution is 0.246. The van der Waals surface area contributed by atoms with E-state index in [-0.39, 0.29) is 5.82 Å². The second kappa shape index (κ2) is 7.83. The molecule has 1 N–H and O–H groups in total. The van der Waals surface area contributed by atoms with E-state index < -0.39 is 0 Å². The molecule has 1 unspecified atom stereocenters. The van der Waals surface area contributed by atoms with Gasteiger partial charge in [-0.25, -0.2) is 4.39 Å². The van der Waals surface area contributed by atoms with Gasteiger partial charge in [-0.1, -0.05) is 31.5 Å². The van der Waals surface area contributed by atoms with Crippen molar-refractivity contribution < 1.29 is 4.39 Å². The largest absolute Gasteiger partial charge is 0.311 e. The highest BCUT2D eigenvalue weighted by atomic mass is 35.5. The molecule has 0 heterocycles. The number of nitrogens with one attached hydrogen (secondary N) is 1. The molecule has 2 nitrogen and oxygen atoms in total. The highest BCUT2D eigenvalue weighted by molar-refractivity contribution is 6.31. The molecule has 19 heavy (non-hydrogen) atoms. The third-order valence-electron chi connectivity index (χ3n) is 3.22. The van der Waals surface area contributed by atoms with Gasteiger partial charge >= 0.3 is 0 Å².